The normalized spacial score (nSPS) is 17.1. The fourth-order valence-electron chi connectivity index (χ4n) is 2.34. The Hall–Kier alpha value is -0.500. The number of nitrogens with one attached hydrogen (secondary N) is 2. The lowest BCUT2D eigenvalue weighted by Gasteiger charge is -2.13. The van der Waals surface area contributed by atoms with Crippen LogP contribution >= 0.6 is 11.3 Å². The van der Waals surface area contributed by atoms with Crippen molar-refractivity contribution in [3.63, 3.8) is 0 Å². The highest BCUT2D eigenvalue weighted by molar-refractivity contribution is 7.89. The van der Waals surface area contributed by atoms with Gasteiger partial charge in [-0.3, -0.25) is 0 Å². The molecule has 1 saturated carbocycles. The smallest absolute Gasteiger partial charge is 0.212 e. The van der Waals surface area contributed by atoms with Crippen LogP contribution < -0.4 is 10.0 Å². The molecule has 2 rings (SSSR count). The van der Waals surface area contributed by atoms with Crippen LogP contribution in [0.1, 0.15) is 54.2 Å². The van der Waals surface area contributed by atoms with E-state index in [1.54, 1.807) is 11.3 Å². The monoisotopic (exact) mass is 331 g/mol. The molecule has 7 heteroatoms. The standard InChI is InChI=1S/C14H25N3O2S2/c1-10-14(20-12(3)16-10)11(2)17-21(18,19)9-5-4-8-15-13-6-7-13/h11,13,15,17H,4-9H2,1-3H3. The Bertz CT molecular complexity index is 565. The minimum Gasteiger partial charge on any atom is -0.314 e. The van der Waals surface area contributed by atoms with Gasteiger partial charge in [0, 0.05) is 10.9 Å². The van der Waals surface area contributed by atoms with Crippen LogP contribution in [-0.4, -0.2) is 31.7 Å². The second kappa shape index (κ2) is 7.17. The zero-order valence-electron chi connectivity index (χ0n) is 13.0. The molecule has 120 valence electrons. The highest BCUT2D eigenvalue weighted by Crippen LogP contribution is 2.25. The Kier molecular flexibility index (Phi) is 5.76. The summed E-state index contributed by atoms with van der Waals surface area (Å²) in [5.41, 5.74) is 0.918. The topological polar surface area (TPSA) is 71.1 Å². The van der Waals surface area contributed by atoms with Crippen molar-refractivity contribution in [2.24, 2.45) is 0 Å². The molecule has 2 N–H and O–H groups in total. The van der Waals surface area contributed by atoms with Gasteiger partial charge in [0.2, 0.25) is 10.0 Å². The van der Waals surface area contributed by atoms with Gasteiger partial charge in [-0.05, 0) is 53.0 Å². The number of aryl methyl sites for hydroxylation is 2. The second-order valence-electron chi connectivity index (χ2n) is 5.78. The summed E-state index contributed by atoms with van der Waals surface area (Å²) in [5, 5.41) is 4.37. The third-order valence-corrected chi connectivity index (χ3v) is 6.33. The van der Waals surface area contributed by atoms with Gasteiger partial charge in [0.15, 0.2) is 0 Å². The molecule has 1 aromatic heterocycles. The van der Waals surface area contributed by atoms with Crippen molar-refractivity contribution in [3.8, 4) is 0 Å². The molecule has 1 heterocycles. The van der Waals surface area contributed by atoms with Crippen molar-refractivity contribution in [2.45, 2.75) is 58.5 Å². The van der Waals surface area contributed by atoms with E-state index >= 15 is 0 Å². The first kappa shape index (κ1) is 16.9. The summed E-state index contributed by atoms with van der Waals surface area (Å²) in [7, 11) is -3.22. The lowest BCUT2D eigenvalue weighted by atomic mass is 10.2. The van der Waals surface area contributed by atoms with E-state index in [9.17, 15) is 8.42 Å². The lowest BCUT2D eigenvalue weighted by molar-refractivity contribution is 0.560. The van der Waals surface area contributed by atoms with E-state index < -0.39 is 10.0 Å². The first-order valence-corrected chi connectivity index (χ1v) is 10.0. The Labute approximate surface area is 131 Å². The summed E-state index contributed by atoms with van der Waals surface area (Å²) in [4.78, 5) is 5.35. The van der Waals surface area contributed by atoms with Gasteiger partial charge in [0.1, 0.15) is 0 Å². The molecule has 1 aliphatic carbocycles. The quantitative estimate of drug-likeness (QED) is 0.681. The molecule has 1 aliphatic rings. The molecule has 0 amide bonds. The second-order valence-corrected chi connectivity index (χ2v) is 8.88. The fourth-order valence-corrected chi connectivity index (χ4v) is 4.70. The molecule has 0 saturated heterocycles. The van der Waals surface area contributed by atoms with Crippen LogP contribution in [0.15, 0.2) is 0 Å². The summed E-state index contributed by atoms with van der Waals surface area (Å²) in [6, 6.07) is 0.489. The van der Waals surface area contributed by atoms with Gasteiger partial charge in [0.25, 0.3) is 0 Å². The van der Waals surface area contributed by atoms with Gasteiger partial charge in [-0.1, -0.05) is 0 Å². The third-order valence-electron chi connectivity index (χ3n) is 3.54. The van der Waals surface area contributed by atoms with Crippen LogP contribution in [0.3, 0.4) is 0 Å². The predicted molar refractivity (Wildman–Crippen MR) is 87.2 cm³/mol. The van der Waals surface area contributed by atoms with Crippen LogP contribution in [0, 0.1) is 13.8 Å². The van der Waals surface area contributed by atoms with Crippen LogP contribution in [0.5, 0.6) is 0 Å². The summed E-state index contributed by atoms with van der Waals surface area (Å²) >= 11 is 1.56. The van der Waals surface area contributed by atoms with Gasteiger partial charge in [-0.2, -0.15) is 0 Å². The molecule has 5 nitrogen and oxygen atoms in total. The highest BCUT2D eigenvalue weighted by atomic mass is 32.2. The number of thiazole rings is 1. The molecule has 1 aromatic rings. The minimum atomic E-state index is -3.22. The fraction of sp³-hybridized carbons (Fsp3) is 0.786. The van der Waals surface area contributed by atoms with Crippen molar-refractivity contribution in [1.82, 2.24) is 15.0 Å². The maximum Gasteiger partial charge on any atom is 0.212 e. The van der Waals surface area contributed by atoms with Crippen molar-refractivity contribution in [2.75, 3.05) is 12.3 Å². The highest BCUT2D eigenvalue weighted by Gasteiger charge is 2.21. The summed E-state index contributed by atoms with van der Waals surface area (Å²) in [5.74, 6) is 0.195. The number of hydrogen-bond donors (Lipinski definition) is 2. The molecular formula is C14H25N3O2S2. The van der Waals surface area contributed by atoms with Crippen molar-refractivity contribution < 1.29 is 8.42 Å². The minimum absolute atomic E-state index is 0.195. The summed E-state index contributed by atoms with van der Waals surface area (Å²) < 4.78 is 26.9. The number of hydrogen-bond acceptors (Lipinski definition) is 5. The van der Waals surface area contributed by atoms with E-state index in [2.05, 4.69) is 15.0 Å². The largest absolute Gasteiger partial charge is 0.314 e. The zero-order valence-corrected chi connectivity index (χ0v) is 14.6. The molecule has 1 fully saturated rings. The molecule has 0 bridgehead atoms. The average molecular weight is 332 g/mol. The Morgan fingerprint density at radius 2 is 2.05 bits per heavy atom. The lowest BCUT2D eigenvalue weighted by Crippen LogP contribution is -2.29. The van der Waals surface area contributed by atoms with E-state index in [0.29, 0.717) is 12.5 Å². The summed E-state index contributed by atoms with van der Waals surface area (Å²) in [6.45, 7) is 6.66. The number of rotatable bonds is 9. The van der Waals surface area contributed by atoms with E-state index in [0.717, 1.165) is 28.5 Å². The molecule has 1 atom stereocenters. The van der Waals surface area contributed by atoms with Crippen LogP contribution in [0.2, 0.25) is 0 Å². The number of unbranched alkanes of at least 4 members (excludes halogenated alkanes) is 1. The van der Waals surface area contributed by atoms with Gasteiger partial charge >= 0.3 is 0 Å². The number of sulfonamides is 1. The van der Waals surface area contributed by atoms with Crippen molar-refractivity contribution in [3.05, 3.63) is 15.6 Å². The Balaban J connectivity index is 1.75. The predicted octanol–water partition coefficient (Wildman–Crippen LogP) is 2.27. The number of nitrogens with zero attached hydrogens (tertiary/aromatic N) is 1. The van der Waals surface area contributed by atoms with Gasteiger partial charge in [-0.15, -0.1) is 11.3 Å². The molecule has 0 radical (unpaired) electrons. The van der Waals surface area contributed by atoms with E-state index in [1.165, 1.54) is 12.8 Å². The van der Waals surface area contributed by atoms with E-state index in [1.807, 2.05) is 20.8 Å². The Morgan fingerprint density at radius 1 is 1.33 bits per heavy atom. The first-order chi connectivity index (χ1) is 9.87. The van der Waals surface area contributed by atoms with E-state index in [4.69, 9.17) is 0 Å². The molecule has 0 aromatic carbocycles. The van der Waals surface area contributed by atoms with Crippen molar-refractivity contribution >= 4 is 21.4 Å². The SMILES string of the molecule is Cc1nc(C)c(C(C)NS(=O)(=O)CCCCNC2CC2)s1. The van der Waals surface area contributed by atoms with Gasteiger partial charge < -0.3 is 5.32 Å². The average Bonchev–Trinajstić information content (AvgIpc) is 3.12. The van der Waals surface area contributed by atoms with Gasteiger partial charge in [0.05, 0.1) is 22.5 Å². The van der Waals surface area contributed by atoms with Crippen LogP contribution in [0.25, 0.3) is 0 Å². The molecule has 1 unspecified atom stereocenters. The molecular weight excluding hydrogens is 306 g/mol. The maximum absolute atomic E-state index is 12.1. The molecule has 0 aliphatic heterocycles. The van der Waals surface area contributed by atoms with Gasteiger partial charge in [-0.25, -0.2) is 18.1 Å². The zero-order chi connectivity index (χ0) is 15.5. The third kappa shape index (κ3) is 5.65. The summed E-state index contributed by atoms with van der Waals surface area (Å²) in [6.07, 6.45) is 4.14. The molecule has 0 spiro atoms. The maximum atomic E-state index is 12.1. The number of aromatic nitrogens is 1. The molecule has 21 heavy (non-hydrogen) atoms. The van der Waals surface area contributed by atoms with Crippen molar-refractivity contribution in [1.29, 1.82) is 0 Å². The Morgan fingerprint density at radius 3 is 2.62 bits per heavy atom. The van der Waals surface area contributed by atoms with Crippen LogP contribution in [-0.2, 0) is 10.0 Å². The van der Waals surface area contributed by atoms with Crippen LogP contribution in [0.4, 0.5) is 0 Å². The first-order valence-electron chi connectivity index (χ1n) is 7.55. The van der Waals surface area contributed by atoms with E-state index in [-0.39, 0.29) is 11.8 Å².